The van der Waals surface area contributed by atoms with Crippen molar-refractivity contribution in [2.75, 3.05) is 50.2 Å². The van der Waals surface area contributed by atoms with Crippen LogP contribution < -0.4 is 26.8 Å². The normalized spacial score (nSPS) is 20.7. The number of halogens is 1. The van der Waals surface area contributed by atoms with Crippen LogP contribution in [0.5, 0.6) is 0 Å². The minimum Gasteiger partial charge on any atom is -0.385 e. The molecule has 1 saturated heterocycles. The maximum Gasteiger partial charge on any atom is 0.253 e. The maximum atomic E-state index is 13.6. The van der Waals surface area contributed by atoms with Crippen molar-refractivity contribution in [3.05, 3.63) is 56.1 Å². The third-order valence-electron chi connectivity index (χ3n) is 8.05. The lowest BCUT2D eigenvalue weighted by molar-refractivity contribution is -0.00239. The Morgan fingerprint density at radius 2 is 1.81 bits per heavy atom. The Bertz CT molecular complexity index is 1050. The van der Waals surface area contributed by atoms with Crippen molar-refractivity contribution in [2.45, 2.75) is 69.9 Å². The number of hydrogen-bond donors (Lipinski definition) is 2. The van der Waals surface area contributed by atoms with E-state index in [4.69, 9.17) is 15.2 Å². The van der Waals surface area contributed by atoms with Gasteiger partial charge in [-0.1, -0.05) is 44.2 Å². The fraction of sp³-hybridized carbons (Fsp3) is 0.655. The van der Waals surface area contributed by atoms with Crippen LogP contribution in [-0.2, 0) is 9.47 Å². The van der Waals surface area contributed by atoms with E-state index in [2.05, 4.69) is 5.32 Å². The van der Waals surface area contributed by atoms with E-state index in [-0.39, 0.29) is 23.9 Å². The molecule has 0 spiro atoms. The molecule has 2 aromatic carbocycles. The van der Waals surface area contributed by atoms with E-state index in [1.165, 1.54) is 44.2 Å². The van der Waals surface area contributed by atoms with Gasteiger partial charge in [0, 0.05) is 51.9 Å². The zero-order chi connectivity index (χ0) is 26.2. The smallest absolute Gasteiger partial charge is 0.253 e. The summed E-state index contributed by atoms with van der Waals surface area (Å²) >= 11 is 0. The number of nitrogens with two attached hydrogens (primary N) is 1. The summed E-state index contributed by atoms with van der Waals surface area (Å²) in [5.74, 6) is 0.441. The molecule has 1 heterocycles. The number of methoxy groups -OCH3 is 1. The zero-order valence-corrected chi connectivity index (χ0v) is 22.1. The van der Waals surface area contributed by atoms with E-state index in [9.17, 15) is 14.0 Å². The van der Waals surface area contributed by atoms with Gasteiger partial charge in [-0.25, -0.2) is 4.39 Å². The second-order valence-corrected chi connectivity index (χ2v) is 10.7. The van der Waals surface area contributed by atoms with Crippen molar-refractivity contribution in [1.29, 1.82) is 0 Å². The van der Waals surface area contributed by atoms with Gasteiger partial charge in [0.05, 0.1) is 6.10 Å². The predicted molar refractivity (Wildman–Crippen MR) is 146 cm³/mol. The summed E-state index contributed by atoms with van der Waals surface area (Å²) in [6.07, 6.45) is 9.49. The van der Waals surface area contributed by atoms with Gasteiger partial charge >= 0.3 is 0 Å². The highest BCUT2D eigenvalue weighted by atomic mass is 19.1. The highest BCUT2D eigenvalue weighted by molar-refractivity contribution is 5.75. The molecule has 37 heavy (non-hydrogen) atoms. The summed E-state index contributed by atoms with van der Waals surface area (Å²) in [6.45, 7) is 2.88. The molecule has 8 heteroatoms. The molecular weight excluding hydrogens is 473 g/mol. The van der Waals surface area contributed by atoms with E-state index in [1.807, 2.05) is 4.90 Å². The average molecular weight is 516 g/mol. The highest BCUT2D eigenvalue weighted by Gasteiger charge is 2.34. The monoisotopic (exact) mass is 515 g/mol. The Morgan fingerprint density at radius 3 is 2.51 bits per heavy atom. The van der Waals surface area contributed by atoms with E-state index >= 15 is 0 Å². The van der Waals surface area contributed by atoms with Gasteiger partial charge in [0.1, 0.15) is 17.2 Å². The van der Waals surface area contributed by atoms with Crippen molar-refractivity contribution in [1.82, 2.24) is 0 Å². The molecule has 204 valence electrons. The molecule has 7 nitrogen and oxygen atoms in total. The van der Waals surface area contributed by atoms with E-state index < -0.39 is 10.9 Å². The van der Waals surface area contributed by atoms with Gasteiger partial charge in [0.25, 0.3) is 10.9 Å². The van der Waals surface area contributed by atoms with Crippen LogP contribution in [0.3, 0.4) is 0 Å². The number of benzene rings is 1. The zero-order valence-electron chi connectivity index (χ0n) is 22.1. The number of anilines is 2. The number of piperidine rings is 1. The number of rotatable bonds is 13. The van der Waals surface area contributed by atoms with Gasteiger partial charge in [-0.3, -0.25) is 9.59 Å². The quantitative estimate of drug-likeness (QED) is 0.306. The van der Waals surface area contributed by atoms with Crippen LogP contribution in [0.2, 0.25) is 0 Å². The lowest BCUT2D eigenvalue weighted by Gasteiger charge is -2.39. The van der Waals surface area contributed by atoms with Crippen molar-refractivity contribution in [3.63, 3.8) is 0 Å². The summed E-state index contributed by atoms with van der Waals surface area (Å²) in [4.78, 5) is 27.4. The first-order valence-electron chi connectivity index (χ1n) is 13.9. The van der Waals surface area contributed by atoms with E-state index in [1.54, 1.807) is 19.2 Å². The van der Waals surface area contributed by atoms with Crippen molar-refractivity contribution in [3.8, 4) is 0 Å². The van der Waals surface area contributed by atoms with E-state index in [0.29, 0.717) is 50.1 Å². The molecule has 0 bridgehead atoms. The Hall–Kier alpha value is -2.29. The van der Waals surface area contributed by atoms with Crippen LogP contribution in [0, 0.1) is 17.7 Å². The van der Waals surface area contributed by atoms with Crippen LogP contribution >= 0.6 is 0 Å². The minimum atomic E-state index is -0.440. The number of hydrogen-bond acceptors (Lipinski definition) is 7. The van der Waals surface area contributed by atoms with Gasteiger partial charge in [-0.15, -0.1) is 0 Å². The first kappa shape index (κ1) is 27.7. The van der Waals surface area contributed by atoms with Crippen molar-refractivity contribution in [2.24, 2.45) is 17.6 Å². The van der Waals surface area contributed by atoms with Gasteiger partial charge in [-0.05, 0) is 49.3 Å². The number of nitrogens with zero attached hydrogens (tertiary/aromatic N) is 1. The Morgan fingerprint density at radius 1 is 1.05 bits per heavy atom. The number of ether oxygens (including phenoxy) is 2. The summed E-state index contributed by atoms with van der Waals surface area (Å²) in [5.41, 5.74) is 7.06. The lowest BCUT2D eigenvalue weighted by atomic mass is 9.84. The van der Waals surface area contributed by atoms with Crippen molar-refractivity contribution < 1.29 is 13.9 Å². The van der Waals surface area contributed by atoms with Crippen LogP contribution in [0.4, 0.5) is 15.8 Å². The van der Waals surface area contributed by atoms with Crippen LogP contribution in [0.1, 0.15) is 69.5 Å². The fourth-order valence-corrected chi connectivity index (χ4v) is 6.09. The molecule has 0 aromatic heterocycles. The Labute approximate surface area is 219 Å². The molecule has 1 saturated carbocycles. The summed E-state index contributed by atoms with van der Waals surface area (Å²) in [6, 6.07) is 6.45. The molecule has 1 aliphatic carbocycles. The lowest BCUT2D eigenvalue weighted by Crippen LogP contribution is -2.48. The van der Waals surface area contributed by atoms with Crippen LogP contribution in [0.15, 0.2) is 33.9 Å². The summed E-state index contributed by atoms with van der Waals surface area (Å²) in [5, 5.41) is 3.36. The van der Waals surface area contributed by atoms with Crippen molar-refractivity contribution >= 4 is 11.4 Å². The van der Waals surface area contributed by atoms with Gasteiger partial charge in [0.2, 0.25) is 0 Å². The van der Waals surface area contributed by atoms with Gasteiger partial charge in [0.15, 0.2) is 0 Å². The second kappa shape index (κ2) is 13.5. The molecule has 2 aromatic rings. The molecule has 3 unspecified atom stereocenters. The fourth-order valence-electron chi connectivity index (χ4n) is 6.09. The molecule has 2 aliphatic rings. The summed E-state index contributed by atoms with van der Waals surface area (Å²) in [7, 11) is 1.66. The first-order valence-corrected chi connectivity index (χ1v) is 13.9. The van der Waals surface area contributed by atoms with Gasteiger partial charge in [-0.2, -0.15) is 0 Å². The van der Waals surface area contributed by atoms with Crippen LogP contribution in [0.25, 0.3) is 0 Å². The third kappa shape index (κ3) is 6.98. The topological polar surface area (TPSA) is 93.9 Å². The standard InChI is InChI=1S/C29H42FN3O4/c1-36-15-6-16-37-29(21-10-12-23(30)13-11-21)22-9-5-14-33(19-22)26-25(27(34)28(26)35)32-24(18-31)17-20-7-3-2-4-8-20/h10-13,20,22,24,29,32H,2-9,14-19,31H2,1H3. The molecule has 3 N–H and O–H groups in total. The molecule has 1 aliphatic heterocycles. The molecule has 4 rings (SSSR count). The first-order chi connectivity index (χ1) is 18.0. The molecule has 2 fully saturated rings. The second-order valence-electron chi connectivity index (χ2n) is 10.7. The maximum absolute atomic E-state index is 13.6. The third-order valence-corrected chi connectivity index (χ3v) is 8.05. The highest BCUT2D eigenvalue weighted by Crippen LogP contribution is 2.36. The predicted octanol–water partition coefficient (Wildman–Crippen LogP) is 4.14. The largest absolute Gasteiger partial charge is 0.385 e. The Balaban J connectivity index is 1.47. The Kier molecular flexibility index (Phi) is 10.1. The van der Waals surface area contributed by atoms with Crippen LogP contribution in [-0.4, -0.2) is 46.0 Å². The summed E-state index contributed by atoms with van der Waals surface area (Å²) < 4.78 is 25.1. The van der Waals surface area contributed by atoms with E-state index in [0.717, 1.165) is 31.2 Å². The minimum absolute atomic E-state index is 0.0122. The average Bonchev–Trinajstić information content (AvgIpc) is 2.93. The molecule has 3 atom stereocenters. The number of nitrogens with one attached hydrogen (secondary N) is 1. The van der Waals surface area contributed by atoms with Gasteiger partial charge < -0.3 is 25.4 Å². The molecule has 0 amide bonds. The molecular formula is C29H42FN3O4. The molecule has 0 radical (unpaired) electrons. The SMILES string of the molecule is COCCCOC(c1ccc(F)cc1)C1CCCN(c2c(NC(CN)CC3CCCCC3)c(=O)c2=O)C1.